The summed E-state index contributed by atoms with van der Waals surface area (Å²) in [7, 11) is 0. The molecule has 1 aliphatic heterocycles. The fourth-order valence-corrected chi connectivity index (χ4v) is 4.13. The minimum atomic E-state index is -0.352. The summed E-state index contributed by atoms with van der Waals surface area (Å²) in [5, 5.41) is 14.1. The number of pyridine rings is 1. The summed E-state index contributed by atoms with van der Waals surface area (Å²) in [5.74, 6) is 0.893. The number of aromatic nitrogens is 1. The van der Waals surface area contributed by atoms with Crippen LogP contribution in [-0.4, -0.2) is 40.3 Å². The number of aryl methyl sites for hydroxylation is 1. The molecule has 7 heteroatoms. The molecule has 30 heavy (non-hydrogen) atoms. The van der Waals surface area contributed by atoms with Crippen molar-refractivity contribution in [3.63, 3.8) is 0 Å². The van der Waals surface area contributed by atoms with Crippen LogP contribution in [0.3, 0.4) is 0 Å². The summed E-state index contributed by atoms with van der Waals surface area (Å²) in [6, 6.07) is 10.7. The molecule has 2 aliphatic rings. The maximum atomic E-state index is 12.7. The second-order valence-corrected chi connectivity index (χ2v) is 8.52. The zero-order valence-electron chi connectivity index (χ0n) is 17.3. The van der Waals surface area contributed by atoms with Crippen LogP contribution in [0, 0.1) is 23.0 Å². The van der Waals surface area contributed by atoms with E-state index in [1.165, 1.54) is 18.9 Å². The molecule has 0 bridgehead atoms. The summed E-state index contributed by atoms with van der Waals surface area (Å²) < 4.78 is 0. The van der Waals surface area contributed by atoms with E-state index in [4.69, 9.17) is 4.98 Å². The molecule has 0 unspecified atom stereocenters. The Kier molecular flexibility index (Phi) is 6.08. The predicted octanol–water partition coefficient (Wildman–Crippen LogP) is 3.82. The molecule has 1 saturated carbocycles. The van der Waals surface area contributed by atoms with E-state index in [-0.39, 0.29) is 22.4 Å². The van der Waals surface area contributed by atoms with Crippen LogP contribution in [0.1, 0.15) is 58.9 Å². The Hall–Kier alpha value is -2.80. The third-order valence-electron chi connectivity index (χ3n) is 6.06. The number of nitrogens with one attached hydrogen (secondary N) is 1. The van der Waals surface area contributed by atoms with Crippen LogP contribution in [-0.2, 0) is 6.54 Å². The van der Waals surface area contributed by atoms with Crippen molar-refractivity contribution >= 4 is 11.6 Å². The Morgan fingerprint density at radius 3 is 2.67 bits per heavy atom. The summed E-state index contributed by atoms with van der Waals surface area (Å²) in [4.78, 5) is 30.4. The number of rotatable bonds is 7. The Labute approximate surface area is 176 Å². The van der Waals surface area contributed by atoms with Gasteiger partial charge >= 0.3 is 0 Å². The lowest BCUT2D eigenvalue weighted by molar-refractivity contribution is -0.384. The Balaban J connectivity index is 1.40. The van der Waals surface area contributed by atoms with E-state index in [0.29, 0.717) is 18.0 Å². The predicted molar refractivity (Wildman–Crippen MR) is 114 cm³/mol. The maximum absolute atomic E-state index is 12.7. The number of benzene rings is 1. The molecule has 2 fully saturated rings. The monoisotopic (exact) mass is 408 g/mol. The van der Waals surface area contributed by atoms with E-state index in [2.05, 4.69) is 10.2 Å². The third kappa shape index (κ3) is 5.02. The Morgan fingerprint density at radius 2 is 1.97 bits per heavy atom. The second-order valence-electron chi connectivity index (χ2n) is 8.52. The first-order valence-electron chi connectivity index (χ1n) is 10.7. The van der Waals surface area contributed by atoms with Crippen LogP contribution in [0.5, 0.6) is 0 Å². The molecular formula is C23H28N4O3. The molecule has 1 aromatic carbocycles. The summed E-state index contributed by atoms with van der Waals surface area (Å²) >= 11 is 0. The van der Waals surface area contributed by atoms with Crippen molar-refractivity contribution in [1.29, 1.82) is 0 Å². The van der Waals surface area contributed by atoms with Crippen molar-refractivity contribution in [2.24, 2.45) is 5.92 Å². The Bertz CT molecular complexity index is 934. The fourth-order valence-electron chi connectivity index (χ4n) is 4.13. The largest absolute Gasteiger partial charge is 0.352 e. The number of non-ortho nitro benzene ring substituents is 1. The highest BCUT2D eigenvalue weighted by atomic mass is 16.6. The first-order chi connectivity index (χ1) is 14.5. The van der Waals surface area contributed by atoms with Crippen LogP contribution in [0.15, 0.2) is 36.4 Å². The highest BCUT2D eigenvalue weighted by molar-refractivity contribution is 5.95. The number of nitro benzene ring substituents is 1. The van der Waals surface area contributed by atoms with E-state index in [1.807, 2.05) is 25.1 Å². The van der Waals surface area contributed by atoms with Crippen LogP contribution < -0.4 is 5.32 Å². The van der Waals surface area contributed by atoms with Crippen molar-refractivity contribution in [3.05, 3.63) is 69.0 Å². The number of hydrogen-bond acceptors (Lipinski definition) is 5. The van der Waals surface area contributed by atoms with Gasteiger partial charge in [0, 0.05) is 36.8 Å². The molecule has 7 nitrogen and oxygen atoms in total. The molecule has 0 radical (unpaired) electrons. The first-order valence-corrected chi connectivity index (χ1v) is 10.7. The molecule has 4 rings (SSSR count). The number of piperidine rings is 1. The number of hydrogen-bond donors (Lipinski definition) is 1. The van der Waals surface area contributed by atoms with Crippen LogP contribution >= 0.6 is 0 Å². The SMILES string of the molecule is Cc1ccc(C(=O)NCC2CC2)c(C2CCN(Cc3cccc([N+](=O)[O-])c3)CC2)n1. The molecule has 1 amide bonds. The first kappa shape index (κ1) is 20.5. The van der Waals surface area contributed by atoms with Crippen LogP contribution in [0.2, 0.25) is 0 Å². The number of amides is 1. The average Bonchev–Trinajstić information content (AvgIpc) is 3.57. The van der Waals surface area contributed by atoms with Crippen molar-refractivity contribution < 1.29 is 9.72 Å². The van der Waals surface area contributed by atoms with Gasteiger partial charge in [-0.1, -0.05) is 12.1 Å². The van der Waals surface area contributed by atoms with Gasteiger partial charge in [-0.25, -0.2) is 0 Å². The number of likely N-dealkylation sites (tertiary alicyclic amines) is 1. The summed E-state index contributed by atoms with van der Waals surface area (Å²) in [6.07, 6.45) is 4.27. The maximum Gasteiger partial charge on any atom is 0.269 e. The quantitative estimate of drug-likeness (QED) is 0.556. The third-order valence-corrected chi connectivity index (χ3v) is 6.06. The van der Waals surface area contributed by atoms with Crippen molar-refractivity contribution in [3.8, 4) is 0 Å². The molecule has 158 valence electrons. The lowest BCUT2D eigenvalue weighted by Crippen LogP contribution is -2.34. The number of nitrogens with zero attached hydrogens (tertiary/aromatic N) is 3. The molecule has 1 saturated heterocycles. The molecule has 1 aromatic heterocycles. The topological polar surface area (TPSA) is 88.4 Å². The van der Waals surface area contributed by atoms with Gasteiger partial charge in [-0.15, -0.1) is 0 Å². The van der Waals surface area contributed by atoms with Crippen molar-refractivity contribution in [1.82, 2.24) is 15.2 Å². The lowest BCUT2D eigenvalue weighted by Gasteiger charge is -2.32. The van der Waals surface area contributed by atoms with Gasteiger partial charge in [-0.05, 0) is 69.3 Å². The number of carbonyl (C=O) groups is 1. The molecule has 2 aromatic rings. The van der Waals surface area contributed by atoms with E-state index in [9.17, 15) is 14.9 Å². The normalized spacial score (nSPS) is 17.6. The molecule has 0 spiro atoms. The zero-order chi connectivity index (χ0) is 21.1. The van der Waals surface area contributed by atoms with Crippen molar-refractivity contribution in [2.75, 3.05) is 19.6 Å². The van der Waals surface area contributed by atoms with Gasteiger partial charge in [-0.3, -0.25) is 24.8 Å². The minimum Gasteiger partial charge on any atom is -0.352 e. The summed E-state index contributed by atoms with van der Waals surface area (Å²) in [5.41, 5.74) is 3.64. The van der Waals surface area contributed by atoms with E-state index < -0.39 is 0 Å². The van der Waals surface area contributed by atoms with Crippen molar-refractivity contribution in [2.45, 2.75) is 45.1 Å². The van der Waals surface area contributed by atoms with E-state index in [1.54, 1.807) is 12.1 Å². The number of carbonyl (C=O) groups excluding carboxylic acids is 1. The van der Waals surface area contributed by atoms with Gasteiger partial charge in [-0.2, -0.15) is 0 Å². The molecule has 1 aliphatic carbocycles. The van der Waals surface area contributed by atoms with Gasteiger partial charge in [0.25, 0.3) is 11.6 Å². The van der Waals surface area contributed by atoms with Gasteiger partial charge in [0.1, 0.15) is 0 Å². The van der Waals surface area contributed by atoms with E-state index in [0.717, 1.165) is 49.4 Å². The molecule has 1 N–H and O–H groups in total. The smallest absolute Gasteiger partial charge is 0.269 e. The standard InChI is InChI=1S/C23H28N4O3/c1-16-5-8-21(23(28)24-14-17-6-7-17)22(25-16)19-9-11-26(12-10-19)15-18-3-2-4-20(13-18)27(29)30/h2-5,8,13,17,19H,6-7,9-12,14-15H2,1H3,(H,24,28). The highest BCUT2D eigenvalue weighted by Gasteiger charge is 2.27. The van der Waals surface area contributed by atoms with Gasteiger partial charge < -0.3 is 5.32 Å². The highest BCUT2D eigenvalue weighted by Crippen LogP contribution is 2.31. The molecular weight excluding hydrogens is 380 g/mol. The summed E-state index contributed by atoms with van der Waals surface area (Å²) in [6.45, 7) is 5.18. The Morgan fingerprint density at radius 1 is 1.20 bits per heavy atom. The molecule has 0 atom stereocenters. The minimum absolute atomic E-state index is 0.0107. The van der Waals surface area contributed by atoms with Gasteiger partial charge in [0.15, 0.2) is 0 Å². The van der Waals surface area contributed by atoms with Crippen LogP contribution in [0.25, 0.3) is 0 Å². The molecule has 2 heterocycles. The fraction of sp³-hybridized carbons (Fsp3) is 0.478. The van der Waals surface area contributed by atoms with E-state index >= 15 is 0 Å². The number of nitro groups is 1. The van der Waals surface area contributed by atoms with Gasteiger partial charge in [0.05, 0.1) is 16.2 Å². The zero-order valence-corrected chi connectivity index (χ0v) is 17.3. The average molecular weight is 409 g/mol. The van der Waals surface area contributed by atoms with Gasteiger partial charge in [0.2, 0.25) is 0 Å². The van der Waals surface area contributed by atoms with Crippen LogP contribution in [0.4, 0.5) is 5.69 Å². The second kappa shape index (κ2) is 8.92. The lowest BCUT2D eigenvalue weighted by atomic mass is 9.89.